The standard InChI is InChI=1S/C15H26BClO2/c1-9(2)6-13(17)16-18-12-8-10-7-11(14(10,3)4)15(12,5)19-16/h9-13H,6-8H2,1-5H3/t10?,11-,12+,13?,15-/m0/s1. The predicted molar refractivity (Wildman–Crippen MR) is 79.2 cm³/mol. The molecule has 108 valence electrons. The molecule has 5 atom stereocenters. The third kappa shape index (κ3) is 1.99. The minimum absolute atomic E-state index is 0.0252. The Morgan fingerprint density at radius 2 is 1.95 bits per heavy atom. The van der Waals surface area contributed by atoms with Crippen LogP contribution in [0, 0.1) is 23.2 Å². The van der Waals surface area contributed by atoms with Crippen molar-refractivity contribution in [3.05, 3.63) is 0 Å². The zero-order chi connectivity index (χ0) is 14.0. The zero-order valence-electron chi connectivity index (χ0n) is 12.8. The molecule has 2 bridgehead atoms. The van der Waals surface area contributed by atoms with E-state index in [1.807, 2.05) is 0 Å². The van der Waals surface area contributed by atoms with Crippen molar-refractivity contribution in [2.45, 2.75) is 70.9 Å². The summed E-state index contributed by atoms with van der Waals surface area (Å²) in [5.41, 5.74) is 0.288. The van der Waals surface area contributed by atoms with Gasteiger partial charge in [0.25, 0.3) is 0 Å². The van der Waals surface area contributed by atoms with Gasteiger partial charge >= 0.3 is 7.12 Å². The summed E-state index contributed by atoms with van der Waals surface area (Å²) in [6.07, 6.45) is 3.64. The van der Waals surface area contributed by atoms with Crippen LogP contribution in [-0.2, 0) is 9.31 Å². The molecule has 2 nitrogen and oxygen atoms in total. The van der Waals surface area contributed by atoms with Gasteiger partial charge in [0.2, 0.25) is 0 Å². The van der Waals surface area contributed by atoms with Gasteiger partial charge in [0.1, 0.15) is 0 Å². The summed E-state index contributed by atoms with van der Waals surface area (Å²) in [6, 6.07) is 0. The minimum atomic E-state index is -0.214. The summed E-state index contributed by atoms with van der Waals surface area (Å²) in [7, 11) is -0.214. The van der Waals surface area contributed by atoms with Crippen molar-refractivity contribution in [1.29, 1.82) is 0 Å². The molecular formula is C15H26BClO2. The molecule has 3 aliphatic carbocycles. The number of alkyl halides is 1. The van der Waals surface area contributed by atoms with E-state index in [0.29, 0.717) is 17.3 Å². The molecule has 4 heteroatoms. The molecule has 0 N–H and O–H groups in total. The van der Waals surface area contributed by atoms with E-state index in [1.54, 1.807) is 0 Å². The Hall–Kier alpha value is 0.275. The fourth-order valence-corrected chi connectivity index (χ4v) is 5.08. The fraction of sp³-hybridized carbons (Fsp3) is 1.00. The van der Waals surface area contributed by atoms with Crippen molar-refractivity contribution >= 4 is 18.7 Å². The molecule has 3 saturated carbocycles. The monoisotopic (exact) mass is 284 g/mol. The Balaban J connectivity index is 1.74. The molecule has 1 saturated heterocycles. The number of rotatable bonds is 3. The number of hydrogen-bond donors (Lipinski definition) is 0. The third-order valence-corrected chi connectivity index (χ3v) is 6.34. The van der Waals surface area contributed by atoms with Crippen molar-refractivity contribution in [2.24, 2.45) is 23.2 Å². The van der Waals surface area contributed by atoms with E-state index >= 15 is 0 Å². The van der Waals surface area contributed by atoms with Crippen LogP contribution in [0.5, 0.6) is 0 Å². The van der Waals surface area contributed by atoms with Crippen LogP contribution in [0.4, 0.5) is 0 Å². The highest BCUT2D eigenvalue weighted by atomic mass is 35.5. The largest absolute Gasteiger partial charge is 0.476 e. The lowest BCUT2D eigenvalue weighted by atomic mass is 9.43. The minimum Gasteiger partial charge on any atom is -0.404 e. The van der Waals surface area contributed by atoms with Crippen LogP contribution in [0.2, 0.25) is 0 Å². The molecule has 4 rings (SSSR count). The Kier molecular flexibility index (Phi) is 3.28. The highest BCUT2D eigenvalue weighted by Gasteiger charge is 2.68. The Morgan fingerprint density at radius 3 is 2.53 bits per heavy atom. The highest BCUT2D eigenvalue weighted by molar-refractivity contribution is 6.59. The second kappa shape index (κ2) is 4.38. The van der Waals surface area contributed by atoms with Gasteiger partial charge in [-0.1, -0.05) is 27.7 Å². The average molecular weight is 285 g/mol. The molecule has 19 heavy (non-hydrogen) atoms. The molecule has 2 unspecified atom stereocenters. The third-order valence-electron chi connectivity index (χ3n) is 5.96. The van der Waals surface area contributed by atoms with Gasteiger partial charge in [0.05, 0.1) is 17.0 Å². The molecule has 1 heterocycles. The van der Waals surface area contributed by atoms with E-state index in [9.17, 15) is 0 Å². The molecule has 4 aliphatic rings. The van der Waals surface area contributed by atoms with Crippen LogP contribution in [0.15, 0.2) is 0 Å². The number of halogens is 1. The van der Waals surface area contributed by atoms with Gasteiger partial charge in [-0.3, -0.25) is 0 Å². The topological polar surface area (TPSA) is 18.5 Å². The molecule has 0 spiro atoms. The second-order valence-electron chi connectivity index (χ2n) is 7.98. The zero-order valence-corrected chi connectivity index (χ0v) is 13.5. The van der Waals surface area contributed by atoms with Crippen LogP contribution in [0.25, 0.3) is 0 Å². The van der Waals surface area contributed by atoms with Gasteiger partial charge in [-0.2, -0.15) is 0 Å². The highest BCUT2D eigenvalue weighted by Crippen LogP contribution is 2.65. The summed E-state index contributed by atoms with van der Waals surface area (Å²) in [5.74, 6) is 2.00. The second-order valence-corrected chi connectivity index (χ2v) is 8.54. The molecule has 0 aromatic heterocycles. The van der Waals surface area contributed by atoms with E-state index in [-0.39, 0.29) is 24.1 Å². The fourth-order valence-electron chi connectivity index (χ4n) is 4.61. The average Bonchev–Trinajstić information content (AvgIpc) is 2.64. The van der Waals surface area contributed by atoms with E-state index in [2.05, 4.69) is 34.6 Å². The number of hydrogen-bond acceptors (Lipinski definition) is 2. The van der Waals surface area contributed by atoms with E-state index < -0.39 is 0 Å². The van der Waals surface area contributed by atoms with Crippen LogP contribution in [0.3, 0.4) is 0 Å². The van der Waals surface area contributed by atoms with Gasteiger partial charge in [-0.15, -0.1) is 11.6 Å². The Bertz CT molecular complexity index is 373. The summed E-state index contributed by atoms with van der Waals surface area (Å²) in [5, 5.41) is -0.0252. The van der Waals surface area contributed by atoms with Crippen molar-refractivity contribution in [3.8, 4) is 0 Å². The summed E-state index contributed by atoms with van der Waals surface area (Å²) in [4.78, 5) is 0. The normalized spacial score (nSPS) is 45.0. The van der Waals surface area contributed by atoms with Crippen molar-refractivity contribution in [2.75, 3.05) is 0 Å². The first-order valence-electron chi connectivity index (χ1n) is 7.72. The van der Waals surface area contributed by atoms with E-state index in [1.165, 1.54) is 6.42 Å². The predicted octanol–water partition coefficient (Wildman–Crippen LogP) is 3.91. The quantitative estimate of drug-likeness (QED) is 0.578. The maximum absolute atomic E-state index is 6.49. The van der Waals surface area contributed by atoms with Crippen LogP contribution >= 0.6 is 11.6 Å². The van der Waals surface area contributed by atoms with Crippen molar-refractivity contribution < 1.29 is 9.31 Å². The molecule has 0 aromatic rings. The maximum atomic E-state index is 6.49. The molecular weight excluding hydrogens is 258 g/mol. The first-order valence-corrected chi connectivity index (χ1v) is 8.16. The van der Waals surface area contributed by atoms with Gasteiger partial charge in [-0.05, 0) is 49.4 Å². The molecule has 0 amide bonds. The Morgan fingerprint density at radius 1 is 1.26 bits per heavy atom. The summed E-state index contributed by atoms with van der Waals surface area (Å²) < 4.78 is 12.5. The maximum Gasteiger partial charge on any atom is 0.476 e. The smallest absolute Gasteiger partial charge is 0.404 e. The van der Waals surface area contributed by atoms with Crippen LogP contribution in [0.1, 0.15) is 53.9 Å². The van der Waals surface area contributed by atoms with Gasteiger partial charge in [0, 0.05) is 0 Å². The Labute approximate surface area is 122 Å². The molecule has 0 radical (unpaired) electrons. The summed E-state index contributed by atoms with van der Waals surface area (Å²) in [6.45, 7) is 11.4. The lowest BCUT2D eigenvalue weighted by molar-refractivity contribution is -0.199. The molecule has 4 fully saturated rings. The van der Waals surface area contributed by atoms with Crippen molar-refractivity contribution in [1.82, 2.24) is 0 Å². The molecule has 1 aliphatic heterocycles. The van der Waals surface area contributed by atoms with Gasteiger partial charge in [0.15, 0.2) is 0 Å². The van der Waals surface area contributed by atoms with E-state index in [4.69, 9.17) is 20.9 Å². The van der Waals surface area contributed by atoms with E-state index in [0.717, 1.165) is 18.8 Å². The summed E-state index contributed by atoms with van der Waals surface area (Å²) >= 11 is 6.49. The van der Waals surface area contributed by atoms with Crippen molar-refractivity contribution in [3.63, 3.8) is 0 Å². The SMILES string of the molecule is CC(C)CC(Cl)B1O[C@@H]2CC3C[C@@H](C3(C)C)[C@]2(C)O1. The van der Waals surface area contributed by atoms with Crippen LogP contribution < -0.4 is 0 Å². The lowest BCUT2D eigenvalue weighted by Gasteiger charge is -2.64. The first-order chi connectivity index (χ1) is 8.75. The first kappa shape index (κ1) is 14.2. The lowest BCUT2D eigenvalue weighted by Crippen LogP contribution is -2.65. The van der Waals surface area contributed by atoms with Crippen LogP contribution in [-0.4, -0.2) is 24.1 Å². The molecule has 0 aromatic carbocycles. The van der Waals surface area contributed by atoms with Gasteiger partial charge in [-0.25, -0.2) is 0 Å². The van der Waals surface area contributed by atoms with Gasteiger partial charge < -0.3 is 9.31 Å².